The molecule has 0 aliphatic heterocycles. The molecule has 0 radical (unpaired) electrons. The molecule has 1 amide bonds. The van der Waals surface area contributed by atoms with E-state index in [4.69, 9.17) is 4.74 Å². The van der Waals surface area contributed by atoms with Crippen LogP contribution in [0.5, 0.6) is 5.75 Å². The number of hydrogen-bond donors (Lipinski definition) is 2. The number of carboxylic acid groups (broad SMARTS) is 1. The Bertz CT molecular complexity index is 680. The highest BCUT2D eigenvalue weighted by Gasteiger charge is 2.16. The summed E-state index contributed by atoms with van der Waals surface area (Å²) < 4.78 is 5.10. The summed E-state index contributed by atoms with van der Waals surface area (Å²) >= 11 is 0. The second-order valence-corrected chi connectivity index (χ2v) is 4.64. The van der Waals surface area contributed by atoms with E-state index in [9.17, 15) is 14.7 Å². The Morgan fingerprint density at radius 1 is 1.10 bits per heavy atom. The smallest absolute Gasteiger partial charge is 0.417 e. The summed E-state index contributed by atoms with van der Waals surface area (Å²) in [7, 11) is 0. The molecule has 0 saturated carbocycles. The van der Waals surface area contributed by atoms with Gasteiger partial charge in [-0.05, 0) is 43.2 Å². The number of aromatic carboxylic acids is 1. The lowest BCUT2D eigenvalue weighted by Crippen LogP contribution is -2.19. The van der Waals surface area contributed by atoms with Crippen LogP contribution in [0.1, 0.15) is 21.5 Å². The highest BCUT2D eigenvalue weighted by molar-refractivity contribution is 6.00. The fourth-order valence-corrected chi connectivity index (χ4v) is 2.03. The van der Waals surface area contributed by atoms with Crippen molar-refractivity contribution < 1.29 is 19.4 Å². The van der Waals surface area contributed by atoms with Crippen LogP contribution in [0.4, 0.5) is 10.5 Å². The first-order chi connectivity index (χ1) is 9.97. The van der Waals surface area contributed by atoms with E-state index in [-0.39, 0.29) is 11.3 Å². The first-order valence-corrected chi connectivity index (χ1v) is 6.36. The molecule has 0 aliphatic rings. The van der Waals surface area contributed by atoms with E-state index >= 15 is 0 Å². The van der Waals surface area contributed by atoms with Gasteiger partial charge >= 0.3 is 12.1 Å². The molecule has 5 nitrogen and oxygen atoms in total. The second kappa shape index (κ2) is 6.09. The molecule has 0 aliphatic carbocycles. The highest BCUT2D eigenvalue weighted by atomic mass is 16.6. The predicted molar refractivity (Wildman–Crippen MR) is 79.0 cm³/mol. The minimum Gasteiger partial charge on any atom is -0.478 e. The van der Waals surface area contributed by atoms with Crippen LogP contribution in [0.25, 0.3) is 0 Å². The summed E-state index contributed by atoms with van der Waals surface area (Å²) in [6.07, 6.45) is -0.726. The van der Waals surface area contributed by atoms with Gasteiger partial charge in [0.05, 0.1) is 11.3 Å². The number of carbonyl (C=O) groups is 2. The lowest BCUT2D eigenvalue weighted by molar-refractivity contribution is 0.0698. The summed E-state index contributed by atoms with van der Waals surface area (Å²) in [4.78, 5) is 23.1. The summed E-state index contributed by atoms with van der Waals surface area (Å²) in [5.74, 6) is -0.714. The third-order valence-electron chi connectivity index (χ3n) is 2.89. The van der Waals surface area contributed by atoms with Crippen LogP contribution in [-0.4, -0.2) is 17.2 Å². The Labute approximate surface area is 122 Å². The SMILES string of the molecule is Cc1cc(C)c(NC(=O)Oc2ccccc2)c(C(=O)O)c1. The van der Waals surface area contributed by atoms with Crippen LogP contribution in [0.2, 0.25) is 0 Å². The van der Waals surface area contributed by atoms with Crippen molar-refractivity contribution in [1.29, 1.82) is 0 Å². The number of ether oxygens (including phenoxy) is 1. The van der Waals surface area contributed by atoms with Crippen LogP contribution >= 0.6 is 0 Å². The van der Waals surface area contributed by atoms with Crippen molar-refractivity contribution >= 4 is 17.7 Å². The summed E-state index contributed by atoms with van der Waals surface area (Å²) in [5.41, 5.74) is 1.76. The Hall–Kier alpha value is -2.82. The third-order valence-corrected chi connectivity index (χ3v) is 2.89. The van der Waals surface area contributed by atoms with Gasteiger partial charge in [-0.2, -0.15) is 0 Å². The fourth-order valence-electron chi connectivity index (χ4n) is 2.03. The average molecular weight is 285 g/mol. The van der Waals surface area contributed by atoms with Gasteiger partial charge < -0.3 is 9.84 Å². The number of benzene rings is 2. The number of para-hydroxylation sites is 1. The number of amides is 1. The van der Waals surface area contributed by atoms with Crippen molar-refractivity contribution in [2.24, 2.45) is 0 Å². The molecule has 0 aromatic heterocycles. The normalized spacial score (nSPS) is 10.0. The van der Waals surface area contributed by atoms with E-state index in [0.29, 0.717) is 11.3 Å². The quantitative estimate of drug-likeness (QED) is 0.903. The summed E-state index contributed by atoms with van der Waals surface area (Å²) in [5, 5.41) is 11.7. The van der Waals surface area contributed by atoms with E-state index in [0.717, 1.165) is 5.56 Å². The number of rotatable bonds is 3. The third kappa shape index (κ3) is 3.60. The molecule has 0 bridgehead atoms. The zero-order chi connectivity index (χ0) is 15.4. The standard InChI is InChI=1S/C16H15NO4/c1-10-8-11(2)14(13(9-10)15(18)19)17-16(20)21-12-6-4-3-5-7-12/h3-9H,1-2H3,(H,17,20)(H,18,19). The van der Waals surface area contributed by atoms with Gasteiger partial charge in [-0.15, -0.1) is 0 Å². The van der Waals surface area contributed by atoms with Crippen molar-refractivity contribution in [1.82, 2.24) is 0 Å². The van der Waals surface area contributed by atoms with E-state index in [2.05, 4.69) is 5.32 Å². The number of carboxylic acids is 1. The molecule has 0 atom stereocenters. The molecule has 0 unspecified atom stereocenters. The first kappa shape index (κ1) is 14.6. The Morgan fingerprint density at radius 3 is 2.38 bits per heavy atom. The van der Waals surface area contributed by atoms with Gasteiger partial charge in [-0.3, -0.25) is 5.32 Å². The molecule has 2 aromatic rings. The van der Waals surface area contributed by atoms with Gasteiger partial charge in [0.1, 0.15) is 5.75 Å². The molecular weight excluding hydrogens is 270 g/mol. The molecule has 2 N–H and O–H groups in total. The summed E-state index contributed by atoms with van der Waals surface area (Å²) in [6.45, 7) is 3.53. The monoisotopic (exact) mass is 285 g/mol. The molecular formula is C16H15NO4. The predicted octanol–water partition coefficient (Wildman–Crippen LogP) is 3.61. The maximum Gasteiger partial charge on any atom is 0.417 e. The molecule has 0 heterocycles. The van der Waals surface area contributed by atoms with Crippen molar-refractivity contribution in [3.05, 3.63) is 59.2 Å². The van der Waals surface area contributed by atoms with E-state index < -0.39 is 12.1 Å². The first-order valence-electron chi connectivity index (χ1n) is 6.36. The van der Waals surface area contributed by atoms with Gasteiger partial charge in [0.25, 0.3) is 0 Å². The van der Waals surface area contributed by atoms with Crippen molar-refractivity contribution in [2.45, 2.75) is 13.8 Å². The van der Waals surface area contributed by atoms with Crippen LogP contribution in [0.3, 0.4) is 0 Å². The molecule has 0 spiro atoms. The molecule has 21 heavy (non-hydrogen) atoms. The highest BCUT2D eigenvalue weighted by Crippen LogP contribution is 2.23. The van der Waals surface area contributed by atoms with E-state index in [1.807, 2.05) is 0 Å². The minimum atomic E-state index is -1.10. The van der Waals surface area contributed by atoms with E-state index in [1.165, 1.54) is 6.07 Å². The topological polar surface area (TPSA) is 75.6 Å². The number of nitrogens with one attached hydrogen (secondary N) is 1. The number of anilines is 1. The maximum absolute atomic E-state index is 11.9. The summed E-state index contributed by atoms with van der Waals surface area (Å²) in [6, 6.07) is 11.9. The molecule has 0 saturated heterocycles. The van der Waals surface area contributed by atoms with Crippen LogP contribution in [0.15, 0.2) is 42.5 Å². The zero-order valence-corrected chi connectivity index (χ0v) is 11.7. The van der Waals surface area contributed by atoms with Gasteiger partial charge in [0.2, 0.25) is 0 Å². The van der Waals surface area contributed by atoms with Crippen molar-refractivity contribution in [2.75, 3.05) is 5.32 Å². The van der Waals surface area contributed by atoms with Crippen molar-refractivity contribution in [3.8, 4) is 5.75 Å². The van der Waals surface area contributed by atoms with Crippen LogP contribution in [-0.2, 0) is 0 Å². The van der Waals surface area contributed by atoms with Crippen LogP contribution < -0.4 is 10.1 Å². The van der Waals surface area contributed by atoms with E-state index in [1.54, 1.807) is 50.2 Å². The molecule has 0 fully saturated rings. The lowest BCUT2D eigenvalue weighted by Gasteiger charge is -2.12. The minimum absolute atomic E-state index is 0.0394. The van der Waals surface area contributed by atoms with Crippen molar-refractivity contribution in [3.63, 3.8) is 0 Å². The second-order valence-electron chi connectivity index (χ2n) is 4.64. The molecule has 108 valence electrons. The number of hydrogen-bond acceptors (Lipinski definition) is 3. The van der Waals surface area contributed by atoms with Gasteiger partial charge in [0, 0.05) is 0 Å². The fraction of sp³-hybridized carbons (Fsp3) is 0.125. The van der Waals surface area contributed by atoms with Crippen LogP contribution in [0, 0.1) is 13.8 Å². The number of carbonyl (C=O) groups excluding carboxylic acids is 1. The molecule has 5 heteroatoms. The largest absolute Gasteiger partial charge is 0.478 e. The molecule has 2 rings (SSSR count). The zero-order valence-electron chi connectivity index (χ0n) is 11.7. The maximum atomic E-state index is 11.9. The Kier molecular flexibility index (Phi) is 4.23. The average Bonchev–Trinajstić information content (AvgIpc) is 2.42. The Balaban J connectivity index is 2.23. The van der Waals surface area contributed by atoms with Gasteiger partial charge in [-0.1, -0.05) is 24.3 Å². The lowest BCUT2D eigenvalue weighted by atomic mass is 10.0. The number of aryl methyl sites for hydroxylation is 2. The van der Waals surface area contributed by atoms with Gasteiger partial charge in [-0.25, -0.2) is 9.59 Å². The Morgan fingerprint density at radius 2 is 1.76 bits per heavy atom. The molecule has 2 aromatic carbocycles. The van der Waals surface area contributed by atoms with Gasteiger partial charge in [0.15, 0.2) is 0 Å².